The minimum atomic E-state index is -0.331. The van der Waals surface area contributed by atoms with Crippen molar-refractivity contribution in [1.82, 2.24) is 5.32 Å². The summed E-state index contributed by atoms with van der Waals surface area (Å²) in [6.45, 7) is 5.37. The fourth-order valence-corrected chi connectivity index (χ4v) is 2.46. The lowest BCUT2D eigenvalue weighted by atomic mass is 10.1. The molecule has 0 aliphatic carbocycles. The van der Waals surface area contributed by atoms with E-state index in [4.69, 9.17) is 4.74 Å². The van der Waals surface area contributed by atoms with E-state index < -0.39 is 0 Å². The number of hydrogen-bond acceptors (Lipinski definition) is 4. The summed E-state index contributed by atoms with van der Waals surface area (Å²) >= 11 is 0. The van der Waals surface area contributed by atoms with Crippen LogP contribution in [0, 0.1) is 17.0 Å². The normalized spacial score (nSPS) is 20.4. The van der Waals surface area contributed by atoms with E-state index in [1.54, 1.807) is 19.1 Å². The number of rotatable bonds is 5. The third kappa shape index (κ3) is 3.30. The van der Waals surface area contributed by atoms with Crippen molar-refractivity contribution in [1.29, 1.82) is 0 Å². The van der Waals surface area contributed by atoms with Crippen molar-refractivity contribution in [3.05, 3.63) is 39.4 Å². The quantitative estimate of drug-likeness (QED) is 0.655. The maximum atomic E-state index is 10.9. The first-order valence-corrected chi connectivity index (χ1v) is 6.67. The van der Waals surface area contributed by atoms with Crippen molar-refractivity contribution in [2.24, 2.45) is 0 Å². The van der Waals surface area contributed by atoms with Crippen LogP contribution in [0.2, 0.25) is 0 Å². The SMILES string of the molecule is Cc1c(CNC(C)C2CCCO2)cccc1[N+](=O)[O-]. The van der Waals surface area contributed by atoms with E-state index in [-0.39, 0.29) is 22.8 Å². The van der Waals surface area contributed by atoms with Crippen LogP contribution in [0.4, 0.5) is 5.69 Å². The van der Waals surface area contributed by atoms with E-state index in [1.165, 1.54) is 0 Å². The van der Waals surface area contributed by atoms with Gasteiger partial charge in [-0.1, -0.05) is 12.1 Å². The Hall–Kier alpha value is -1.46. The van der Waals surface area contributed by atoms with Crippen LogP contribution in [0.3, 0.4) is 0 Å². The minimum absolute atomic E-state index is 0.184. The number of nitro groups is 1. The maximum Gasteiger partial charge on any atom is 0.272 e. The maximum absolute atomic E-state index is 10.9. The molecule has 1 saturated heterocycles. The van der Waals surface area contributed by atoms with E-state index in [0.717, 1.165) is 30.6 Å². The Kier molecular flexibility index (Phi) is 4.50. The van der Waals surface area contributed by atoms with Crippen molar-refractivity contribution in [2.45, 2.75) is 45.4 Å². The highest BCUT2D eigenvalue weighted by atomic mass is 16.6. The molecule has 0 bridgehead atoms. The Morgan fingerprint density at radius 2 is 2.37 bits per heavy atom. The molecule has 1 heterocycles. The molecule has 2 unspecified atom stereocenters. The van der Waals surface area contributed by atoms with Crippen LogP contribution in [0.1, 0.15) is 30.9 Å². The van der Waals surface area contributed by atoms with Crippen molar-refractivity contribution >= 4 is 5.69 Å². The molecule has 0 amide bonds. The van der Waals surface area contributed by atoms with Crippen LogP contribution in [-0.2, 0) is 11.3 Å². The molecule has 2 atom stereocenters. The lowest BCUT2D eigenvalue weighted by Crippen LogP contribution is -2.36. The van der Waals surface area contributed by atoms with Gasteiger partial charge in [0.25, 0.3) is 5.69 Å². The van der Waals surface area contributed by atoms with Gasteiger partial charge < -0.3 is 10.1 Å². The van der Waals surface area contributed by atoms with Gasteiger partial charge in [0.15, 0.2) is 0 Å². The molecule has 19 heavy (non-hydrogen) atoms. The number of hydrogen-bond donors (Lipinski definition) is 1. The zero-order chi connectivity index (χ0) is 13.8. The summed E-state index contributed by atoms with van der Waals surface area (Å²) in [5.41, 5.74) is 1.89. The molecule has 1 N–H and O–H groups in total. The monoisotopic (exact) mass is 264 g/mol. The van der Waals surface area contributed by atoms with E-state index in [2.05, 4.69) is 12.2 Å². The van der Waals surface area contributed by atoms with E-state index in [9.17, 15) is 10.1 Å². The van der Waals surface area contributed by atoms with Crippen molar-refractivity contribution in [3.63, 3.8) is 0 Å². The Balaban J connectivity index is 1.99. The summed E-state index contributed by atoms with van der Waals surface area (Å²) in [4.78, 5) is 10.6. The molecule has 0 saturated carbocycles. The molecule has 1 aliphatic heterocycles. The molecule has 2 rings (SSSR count). The largest absolute Gasteiger partial charge is 0.377 e. The molecule has 5 nitrogen and oxygen atoms in total. The fraction of sp³-hybridized carbons (Fsp3) is 0.571. The summed E-state index contributed by atoms with van der Waals surface area (Å²) in [6, 6.07) is 5.47. The molecule has 1 aromatic carbocycles. The van der Waals surface area contributed by atoms with Crippen molar-refractivity contribution in [2.75, 3.05) is 6.61 Å². The average molecular weight is 264 g/mol. The molecule has 0 aromatic heterocycles. The molecule has 104 valence electrons. The first-order chi connectivity index (χ1) is 9.09. The zero-order valence-corrected chi connectivity index (χ0v) is 11.4. The highest BCUT2D eigenvalue weighted by molar-refractivity contribution is 5.44. The third-order valence-electron chi connectivity index (χ3n) is 3.75. The summed E-state index contributed by atoms with van der Waals surface area (Å²) < 4.78 is 5.62. The van der Waals surface area contributed by atoms with E-state index in [0.29, 0.717) is 6.54 Å². The Morgan fingerprint density at radius 1 is 1.58 bits per heavy atom. The number of nitrogens with zero attached hydrogens (tertiary/aromatic N) is 1. The van der Waals surface area contributed by atoms with Gasteiger partial charge in [0.1, 0.15) is 0 Å². The number of nitrogens with one attached hydrogen (secondary N) is 1. The third-order valence-corrected chi connectivity index (χ3v) is 3.75. The summed E-state index contributed by atoms with van der Waals surface area (Å²) in [5, 5.41) is 14.3. The van der Waals surface area contributed by atoms with Gasteiger partial charge in [-0.15, -0.1) is 0 Å². The number of nitro benzene ring substituents is 1. The second kappa shape index (κ2) is 6.12. The molecule has 0 radical (unpaired) electrons. The van der Waals surface area contributed by atoms with Gasteiger partial charge >= 0.3 is 0 Å². The highest BCUT2D eigenvalue weighted by Crippen LogP contribution is 2.21. The van der Waals surface area contributed by atoms with Crippen LogP contribution in [0.25, 0.3) is 0 Å². The summed E-state index contributed by atoms with van der Waals surface area (Å²) in [5.74, 6) is 0. The van der Waals surface area contributed by atoms with Gasteiger partial charge in [0.05, 0.1) is 11.0 Å². The Bertz CT molecular complexity index is 456. The van der Waals surface area contributed by atoms with Gasteiger partial charge in [0, 0.05) is 30.8 Å². The number of ether oxygens (including phenoxy) is 1. The van der Waals surface area contributed by atoms with Crippen molar-refractivity contribution in [3.8, 4) is 0 Å². The predicted molar refractivity (Wildman–Crippen MR) is 73.1 cm³/mol. The second-order valence-corrected chi connectivity index (χ2v) is 5.04. The van der Waals surface area contributed by atoms with Crippen LogP contribution in [-0.4, -0.2) is 23.7 Å². The Morgan fingerprint density at radius 3 is 3.00 bits per heavy atom. The van der Waals surface area contributed by atoms with E-state index in [1.807, 2.05) is 6.07 Å². The topological polar surface area (TPSA) is 64.4 Å². The van der Waals surface area contributed by atoms with Crippen LogP contribution >= 0.6 is 0 Å². The van der Waals surface area contributed by atoms with Gasteiger partial charge in [-0.3, -0.25) is 10.1 Å². The van der Waals surface area contributed by atoms with Crippen molar-refractivity contribution < 1.29 is 9.66 Å². The average Bonchev–Trinajstić information content (AvgIpc) is 2.90. The van der Waals surface area contributed by atoms with E-state index >= 15 is 0 Å². The zero-order valence-electron chi connectivity index (χ0n) is 11.4. The lowest BCUT2D eigenvalue weighted by molar-refractivity contribution is -0.385. The van der Waals surface area contributed by atoms with Gasteiger partial charge in [-0.25, -0.2) is 0 Å². The summed E-state index contributed by atoms with van der Waals surface area (Å²) in [6.07, 6.45) is 2.47. The summed E-state index contributed by atoms with van der Waals surface area (Å²) in [7, 11) is 0. The molecule has 1 aliphatic rings. The fourth-order valence-electron chi connectivity index (χ4n) is 2.46. The standard InChI is InChI=1S/C14H20N2O3/c1-10-12(5-3-6-13(10)16(17)18)9-15-11(2)14-7-4-8-19-14/h3,5-6,11,14-15H,4,7-9H2,1-2H3. The van der Waals surface area contributed by atoms with Gasteiger partial charge in [-0.05, 0) is 32.3 Å². The highest BCUT2D eigenvalue weighted by Gasteiger charge is 2.22. The van der Waals surface area contributed by atoms with Crippen LogP contribution < -0.4 is 5.32 Å². The molecule has 5 heteroatoms. The van der Waals surface area contributed by atoms with Crippen LogP contribution in [0.5, 0.6) is 0 Å². The molecular weight excluding hydrogens is 244 g/mol. The first kappa shape index (κ1) is 14.0. The van der Waals surface area contributed by atoms with Gasteiger partial charge in [-0.2, -0.15) is 0 Å². The second-order valence-electron chi connectivity index (χ2n) is 5.04. The van der Waals surface area contributed by atoms with Crippen LogP contribution in [0.15, 0.2) is 18.2 Å². The predicted octanol–water partition coefficient (Wildman–Crippen LogP) is 2.56. The minimum Gasteiger partial charge on any atom is -0.377 e. The molecule has 1 aromatic rings. The smallest absolute Gasteiger partial charge is 0.272 e. The number of benzene rings is 1. The molecule has 0 spiro atoms. The lowest BCUT2D eigenvalue weighted by Gasteiger charge is -2.20. The first-order valence-electron chi connectivity index (χ1n) is 6.67. The molecule has 1 fully saturated rings. The van der Waals surface area contributed by atoms with Gasteiger partial charge in [0.2, 0.25) is 0 Å². The Labute approximate surface area is 113 Å². The molecular formula is C14H20N2O3.